The van der Waals surface area contributed by atoms with Crippen molar-refractivity contribution in [3.8, 4) is 0 Å². The lowest BCUT2D eigenvalue weighted by molar-refractivity contribution is 0.119. The summed E-state index contributed by atoms with van der Waals surface area (Å²) < 4.78 is 13.8. The number of amides is 2. The molecule has 2 fully saturated rings. The van der Waals surface area contributed by atoms with Crippen LogP contribution in [0.15, 0.2) is 18.2 Å². The number of carbonyl (C=O) groups is 1. The van der Waals surface area contributed by atoms with Gasteiger partial charge in [-0.3, -0.25) is 4.90 Å². The Morgan fingerprint density at radius 2 is 2.09 bits per heavy atom. The molecule has 2 aliphatic rings. The Balaban J connectivity index is 1.54. The van der Waals surface area contributed by atoms with E-state index in [1.807, 2.05) is 0 Å². The van der Waals surface area contributed by atoms with Gasteiger partial charge in [0.25, 0.3) is 0 Å². The minimum absolute atomic E-state index is 0.0105. The zero-order valence-electron chi connectivity index (χ0n) is 12.3. The van der Waals surface area contributed by atoms with Crippen LogP contribution in [0.1, 0.15) is 6.42 Å². The standard InChI is InChI=1S/C15H20ClFN4O/c16-12-2-1-3-13(14(12)17)19-15(22)21-8-6-20(7-9-21)11-4-5-18-10-11/h1-3,11,18H,4-10H2,(H,19,22)/t11-/m1/s1. The van der Waals surface area contributed by atoms with E-state index >= 15 is 0 Å². The molecule has 2 aliphatic heterocycles. The Labute approximate surface area is 134 Å². The van der Waals surface area contributed by atoms with E-state index in [0.29, 0.717) is 19.1 Å². The van der Waals surface area contributed by atoms with Crippen molar-refractivity contribution < 1.29 is 9.18 Å². The van der Waals surface area contributed by atoms with Crippen molar-refractivity contribution in [2.45, 2.75) is 12.5 Å². The number of piperazine rings is 1. The van der Waals surface area contributed by atoms with E-state index in [4.69, 9.17) is 11.6 Å². The van der Waals surface area contributed by atoms with Crippen molar-refractivity contribution in [2.24, 2.45) is 0 Å². The number of halogens is 2. The second kappa shape index (κ2) is 6.81. The monoisotopic (exact) mass is 326 g/mol. The van der Waals surface area contributed by atoms with Crippen molar-refractivity contribution in [1.82, 2.24) is 15.1 Å². The topological polar surface area (TPSA) is 47.6 Å². The van der Waals surface area contributed by atoms with Crippen molar-refractivity contribution in [3.05, 3.63) is 29.0 Å². The second-order valence-electron chi connectivity index (χ2n) is 5.70. The summed E-state index contributed by atoms with van der Waals surface area (Å²) in [5.41, 5.74) is 0.125. The molecule has 2 amide bonds. The van der Waals surface area contributed by atoms with Gasteiger partial charge in [-0.25, -0.2) is 9.18 Å². The molecule has 3 rings (SSSR count). The molecule has 5 nitrogen and oxygen atoms in total. The van der Waals surface area contributed by atoms with Gasteiger partial charge in [-0.15, -0.1) is 0 Å². The van der Waals surface area contributed by atoms with Gasteiger partial charge in [0, 0.05) is 38.8 Å². The summed E-state index contributed by atoms with van der Waals surface area (Å²) in [5, 5.41) is 5.97. The van der Waals surface area contributed by atoms with E-state index in [-0.39, 0.29) is 16.7 Å². The molecule has 1 atom stereocenters. The predicted octanol–water partition coefficient (Wildman–Crippen LogP) is 1.99. The van der Waals surface area contributed by atoms with Crippen molar-refractivity contribution in [2.75, 3.05) is 44.6 Å². The first-order valence-electron chi connectivity index (χ1n) is 7.60. The van der Waals surface area contributed by atoms with Gasteiger partial charge < -0.3 is 15.5 Å². The summed E-state index contributed by atoms with van der Waals surface area (Å²) in [6, 6.07) is 4.90. The number of rotatable bonds is 2. The Kier molecular flexibility index (Phi) is 4.81. The molecular formula is C15H20ClFN4O. The average molecular weight is 327 g/mol. The number of anilines is 1. The summed E-state index contributed by atoms with van der Waals surface area (Å²) in [7, 11) is 0. The van der Waals surface area contributed by atoms with Crippen LogP contribution in [0.4, 0.5) is 14.9 Å². The third-order valence-corrected chi connectivity index (χ3v) is 4.64. The van der Waals surface area contributed by atoms with Crippen LogP contribution in [0.25, 0.3) is 0 Å². The second-order valence-corrected chi connectivity index (χ2v) is 6.11. The summed E-state index contributed by atoms with van der Waals surface area (Å²) >= 11 is 5.72. The molecule has 0 spiro atoms. The highest BCUT2D eigenvalue weighted by Gasteiger charge is 2.28. The fraction of sp³-hybridized carbons (Fsp3) is 0.533. The molecule has 0 bridgehead atoms. The predicted molar refractivity (Wildman–Crippen MR) is 84.8 cm³/mol. The Morgan fingerprint density at radius 1 is 1.32 bits per heavy atom. The number of nitrogens with zero attached hydrogens (tertiary/aromatic N) is 2. The lowest BCUT2D eigenvalue weighted by atomic mass is 10.2. The lowest BCUT2D eigenvalue weighted by Crippen LogP contribution is -2.53. The Morgan fingerprint density at radius 3 is 2.77 bits per heavy atom. The molecule has 22 heavy (non-hydrogen) atoms. The van der Waals surface area contributed by atoms with Crippen LogP contribution in [-0.4, -0.2) is 61.1 Å². The zero-order valence-corrected chi connectivity index (χ0v) is 13.1. The van der Waals surface area contributed by atoms with Crippen molar-refractivity contribution >= 4 is 23.3 Å². The normalized spacial score (nSPS) is 22.8. The first kappa shape index (κ1) is 15.5. The SMILES string of the molecule is O=C(Nc1cccc(Cl)c1F)N1CCN([C@@H]2CCNC2)CC1. The van der Waals surface area contributed by atoms with E-state index < -0.39 is 5.82 Å². The third-order valence-electron chi connectivity index (χ3n) is 4.35. The molecule has 1 aromatic rings. The molecule has 2 saturated heterocycles. The van der Waals surface area contributed by atoms with Gasteiger partial charge in [0.2, 0.25) is 0 Å². The summed E-state index contributed by atoms with van der Waals surface area (Å²) in [5.74, 6) is -0.590. The first-order chi connectivity index (χ1) is 10.6. The number of hydrogen-bond donors (Lipinski definition) is 2. The van der Waals surface area contributed by atoms with Crippen LogP contribution in [0, 0.1) is 5.82 Å². The van der Waals surface area contributed by atoms with E-state index in [0.717, 1.165) is 26.2 Å². The molecule has 0 radical (unpaired) electrons. The minimum atomic E-state index is -0.590. The highest BCUT2D eigenvalue weighted by atomic mass is 35.5. The van der Waals surface area contributed by atoms with E-state index in [2.05, 4.69) is 15.5 Å². The maximum atomic E-state index is 13.8. The molecule has 1 aromatic carbocycles. The molecule has 7 heteroatoms. The van der Waals surface area contributed by atoms with Gasteiger partial charge in [0.15, 0.2) is 5.82 Å². The molecule has 0 unspecified atom stereocenters. The Hall–Kier alpha value is -1.37. The fourth-order valence-electron chi connectivity index (χ4n) is 3.04. The fourth-order valence-corrected chi connectivity index (χ4v) is 3.21. The minimum Gasteiger partial charge on any atom is -0.322 e. The van der Waals surface area contributed by atoms with Crippen molar-refractivity contribution in [3.63, 3.8) is 0 Å². The quantitative estimate of drug-likeness (QED) is 0.874. The van der Waals surface area contributed by atoms with Gasteiger partial charge >= 0.3 is 6.03 Å². The molecule has 120 valence electrons. The van der Waals surface area contributed by atoms with E-state index in [9.17, 15) is 9.18 Å². The number of carbonyl (C=O) groups excluding carboxylic acids is 1. The van der Waals surface area contributed by atoms with Gasteiger partial charge in [-0.05, 0) is 25.1 Å². The van der Waals surface area contributed by atoms with Crippen LogP contribution >= 0.6 is 11.6 Å². The van der Waals surface area contributed by atoms with Crippen LogP contribution in [0.3, 0.4) is 0 Å². The average Bonchev–Trinajstić information content (AvgIpc) is 3.06. The van der Waals surface area contributed by atoms with Crippen LogP contribution in [0.2, 0.25) is 5.02 Å². The number of benzene rings is 1. The highest BCUT2D eigenvalue weighted by molar-refractivity contribution is 6.31. The molecular weight excluding hydrogens is 307 g/mol. The number of nitrogens with one attached hydrogen (secondary N) is 2. The highest BCUT2D eigenvalue weighted by Crippen LogP contribution is 2.22. The zero-order chi connectivity index (χ0) is 15.5. The largest absolute Gasteiger partial charge is 0.322 e. The van der Waals surface area contributed by atoms with Crippen LogP contribution in [0.5, 0.6) is 0 Å². The summed E-state index contributed by atoms with van der Waals surface area (Å²) in [6.07, 6.45) is 1.17. The van der Waals surface area contributed by atoms with Gasteiger partial charge in [-0.1, -0.05) is 17.7 Å². The van der Waals surface area contributed by atoms with E-state index in [1.54, 1.807) is 11.0 Å². The molecule has 0 aromatic heterocycles. The van der Waals surface area contributed by atoms with Gasteiger partial charge in [0.05, 0.1) is 10.7 Å². The smallest absolute Gasteiger partial charge is 0.322 e. The molecule has 2 N–H and O–H groups in total. The number of hydrogen-bond acceptors (Lipinski definition) is 3. The van der Waals surface area contributed by atoms with Gasteiger partial charge in [-0.2, -0.15) is 0 Å². The third kappa shape index (κ3) is 3.34. The van der Waals surface area contributed by atoms with E-state index in [1.165, 1.54) is 18.6 Å². The molecule has 0 aliphatic carbocycles. The van der Waals surface area contributed by atoms with Crippen LogP contribution in [-0.2, 0) is 0 Å². The molecule has 0 saturated carbocycles. The first-order valence-corrected chi connectivity index (χ1v) is 7.97. The summed E-state index contributed by atoms with van der Waals surface area (Å²) in [6.45, 7) is 5.13. The maximum absolute atomic E-state index is 13.8. The molecule has 2 heterocycles. The lowest BCUT2D eigenvalue weighted by Gasteiger charge is -2.37. The Bertz CT molecular complexity index is 542. The van der Waals surface area contributed by atoms with Gasteiger partial charge in [0.1, 0.15) is 0 Å². The van der Waals surface area contributed by atoms with Crippen molar-refractivity contribution in [1.29, 1.82) is 0 Å². The number of urea groups is 1. The maximum Gasteiger partial charge on any atom is 0.322 e. The summed E-state index contributed by atoms with van der Waals surface area (Å²) in [4.78, 5) is 16.4. The van der Waals surface area contributed by atoms with Crippen LogP contribution < -0.4 is 10.6 Å².